The van der Waals surface area contributed by atoms with Gasteiger partial charge in [-0.15, -0.1) is 0 Å². The topological polar surface area (TPSA) is 222 Å². The molecule has 0 spiro atoms. The lowest BCUT2D eigenvalue weighted by atomic mass is 9.89. The van der Waals surface area contributed by atoms with Crippen molar-refractivity contribution in [2.75, 3.05) is 0 Å². The predicted molar refractivity (Wildman–Crippen MR) is 179 cm³/mol. The number of hydroxylamine groups is 6. The van der Waals surface area contributed by atoms with E-state index in [0.29, 0.717) is 6.42 Å². The second-order valence-corrected chi connectivity index (χ2v) is 12.5. The second kappa shape index (κ2) is 13.7. The molecular formula is C36H38N2O14. The van der Waals surface area contributed by atoms with Gasteiger partial charge in [0.1, 0.15) is 5.75 Å². The molecule has 4 N–H and O–H groups in total. The number of quaternary nitrogens is 1. The van der Waals surface area contributed by atoms with Gasteiger partial charge in [-0.2, -0.15) is 5.06 Å². The number of aliphatic hydroxyl groups excluding tert-OH is 1. The van der Waals surface area contributed by atoms with Crippen LogP contribution in [-0.2, 0) is 19.2 Å². The predicted octanol–water partition coefficient (Wildman–Crippen LogP) is 5.96. The summed E-state index contributed by atoms with van der Waals surface area (Å²) in [6.45, 7) is 9.81. The van der Waals surface area contributed by atoms with Crippen LogP contribution in [0, 0.1) is 17.0 Å². The number of aromatic hydroxyl groups is 2. The molecule has 1 amide bonds. The van der Waals surface area contributed by atoms with Gasteiger partial charge in [-0.05, 0) is 54.3 Å². The van der Waals surface area contributed by atoms with Crippen LogP contribution in [0.1, 0.15) is 61.3 Å². The van der Waals surface area contributed by atoms with Gasteiger partial charge in [0.25, 0.3) is 0 Å². The van der Waals surface area contributed by atoms with Gasteiger partial charge in [0.15, 0.2) is 34.4 Å². The summed E-state index contributed by atoms with van der Waals surface area (Å²) >= 11 is 0. The fourth-order valence-corrected chi connectivity index (χ4v) is 6.18. The Labute approximate surface area is 297 Å². The van der Waals surface area contributed by atoms with Gasteiger partial charge >= 0.3 is 35.4 Å². The van der Waals surface area contributed by atoms with E-state index in [4.69, 9.17) is 23.8 Å². The third kappa shape index (κ3) is 5.89. The first-order chi connectivity index (χ1) is 24.4. The number of rotatable bonds is 9. The molecule has 3 aromatic carbocycles. The van der Waals surface area contributed by atoms with Crippen LogP contribution in [0.3, 0.4) is 0 Å². The second-order valence-electron chi connectivity index (χ2n) is 12.5. The molecule has 0 saturated heterocycles. The number of nitrogens with zero attached hydrogens (tertiary/aromatic N) is 2. The van der Waals surface area contributed by atoms with Crippen molar-refractivity contribution >= 4 is 23.8 Å². The van der Waals surface area contributed by atoms with Crippen molar-refractivity contribution in [2.45, 2.75) is 67.0 Å². The van der Waals surface area contributed by atoms with E-state index in [1.54, 1.807) is 20.8 Å². The van der Waals surface area contributed by atoms with Gasteiger partial charge in [-0.3, -0.25) is 29.2 Å². The standard InChI is InChI=1S/C36H38N2O14/c1-8-17(3)29-34(44)38(47)36(18(4)9-2,35(45)37(29)46)51-26-16-23(12-15-25(26)52-38)28-31(43)30(42)27(22-10-13-24(14-11-22)48-19(5)39)32(49-20(6)40)33(28)50-21(7)41/h10-18,42-44,46H,8-9H2,1-7H3/t17-,18-,36+,38-/m0/s1. The maximum atomic E-state index is 14.6. The fraction of sp³-hybridized carbons (Fsp3) is 0.333. The Balaban J connectivity index is 1.76. The third-order valence-electron chi connectivity index (χ3n) is 9.01. The summed E-state index contributed by atoms with van der Waals surface area (Å²) in [4.78, 5) is 54.0. The Kier molecular flexibility index (Phi) is 9.86. The monoisotopic (exact) mass is 722 g/mol. The number of carbonyl (C=O) groups is 4. The molecule has 16 heteroatoms. The number of phenolic OH excluding ortho intramolecular Hbond substituents is 2. The molecule has 2 aliphatic heterocycles. The quantitative estimate of drug-likeness (QED) is 0.0500. The number of hydrogen-bond acceptors (Lipinski definition) is 14. The molecule has 0 saturated carbocycles. The molecule has 2 heterocycles. The van der Waals surface area contributed by atoms with Crippen LogP contribution in [0.4, 0.5) is 0 Å². The summed E-state index contributed by atoms with van der Waals surface area (Å²) in [7, 11) is 0. The van der Waals surface area contributed by atoms with Gasteiger partial charge in [0.2, 0.25) is 5.75 Å². The Bertz CT molecular complexity index is 2010. The Hall–Kier alpha value is -5.84. The summed E-state index contributed by atoms with van der Waals surface area (Å²) in [5.41, 5.74) is -3.50. The zero-order valence-electron chi connectivity index (χ0n) is 29.4. The van der Waals surface area contributed by atoms with Crippen LogP contribution in [0.5, 0.6) is 40.2 Å². The number of amides is 1. The first-order valence-corrected chi connectivity index (χ1v) is 16.3. The summed E-state index contributed by atoms with van der Waals surface area (Å²) in [5.74, 6) is -9.22. The normalized spacial score (nSPS) is 20.5. The number of fused-ring (bicyclic) bond motifs is 2. The minimum absolute atomic E-state index is 0.0501. The maximum Gasteiger partial charge on any atom is 0.374 e. The van der Waals surface area contributed by atoms with Crippen LogP contribution in [0.15, 0.2) is 54.0 Å². The number of esters is 3. The van der Waals surface area contributed by atoms with Crippen molar-refractivity contribution in [1.82, 2.24) is 5.06 Å². The average Bonchev–Trinajstić information content (AvgIpc) is 3.08. The SMILES string of the molecule is CC[C@H](C)C1=C(O)[N@+]2([O-])Oc3ccc(-c4c(O)c(O)c(-c5ccc(OC(C)=O)cc5)c(OC(C)=O)c4OC(C)=O)cc3O[C@]2([C@@H](C)CC)C(=O)N1O. The highest BCUT2D eigenvalue weighted by Crippen LogP contribution is 2.58. The van der Waals surface area contributed by atoms with Crippen molar-refractivity contribution in [1.29, 1.82) is 0 Å². The molecule has 0 unspecified atom stereocenters. The fourth-order valence-electron chi connectivity index (χ4n) is 6.18. The minimum atomic E-state index is -2.61. The lowest BCUT2D eigenvalue weighted by molar-refractivity contribution is -1.08. The van der Waals surface area contributed by atoms with Crippen LogP contribution in [-0.4, -0.2) is 59.9 Å². The van der Waals surface area contributed by atoms with Crippen molar-refractivity contribution in [3.05, 3.63) is 59.3 Å². The molecule has 276 valence electrons. The summed E-state index contributed by atoms with van der Waals surface area (Å²) in [6.07, 6.45) is 0.488. The van der Waals surface area contributed by atoms with E-state index < -0.39 is 75.1 Å². The molecule has 16 nitrogen and oxygen atoms in total. The highest BCUT2D eigenvalue weighted by atomic mass is 17.0. The van der Waals surface area contributed by atoms with Crippen molar-refractivity contribution in [3.8, 4) is 62.5 Å². The number of benzene rings is 3. The van der Waals surface area contributed by atoms with E-state index in [1.807, 2.05) is 0 Å². The van der Waals surface area contributed by atoms with Crippen LogP contribution in [0.25, 0.3) is 22.3 Å². The van der Waals surface area contributed by atoms with Gasteiger partial charge in [-0.1, -0.05) is 44.6 Å². The lowest BCUT2D eigenvalue weighted by Gasteiger charge is -2.56. The summed E-state index contributed by atoms with van der Waals surface area (Å²) in [5, 5.41) is 60.2. The highest BCUT2D eigenvalue weighted by molar-refractivity contribution is 5.96. The van der Waals surface area contributed by atoms with Gasteiger partial charge in [-0.25, -0.2) is 0 Å². The molecule has 5 rings (SSSR count). The Morgan fingerprint density at radius 3 is 1.85 bits per heavy atom. The lowest BCUT2D eigenvalue weighted by Crippen LogP contribution is -2.78. The first kappa shape index (κ1) is 37.4. The largest absolute Gasteiger partial charge is 0.578 e. The molecule has 0 bridgehead atoms. The maximum absolute atomic E-state index is 14.6. The van der Waals surface area contributed by atoms with E-state index >= 15 is 0 Å². The van der Waals surface area contributed by atoms with E-state index in [0.717, 1.165) is 13.8 Å². The zero-order valence-corrected chi connectivity index (χ0v) is 29.4. The molecular weight excluding hydrogens is 684 g/mol. The number of aliphatic hydroxyl groups is 1. The molecule has 2 aliphatic rings. The number of ether oxygens (including phenoxy) is 4. The van der Waals surface area contributed by atoms with E-state index in [2.05, 4.69) is 0 Å². The third-order valence-corrected chi connectivity index (χ3v) is 9.01. The van der Waals surface area contributed by atoms with E-state index in [9.17, 15) is 44.9 Å². The van der Waals surface area contributed by atoms with Crippen molar-refractivity contribution < 1.29 is 68.3 Å². The molecule has 0 aromatic heterocycles. The van der Waals surface area contributed by atoms with Crippen molar-refractivity contribution in [2.24, 2.45) is 11.8 Å². The Morgan fingerprint density at radius 2 is 1.35 bits per heavy atom. The smallest absolute Gasteiger partial charge is 0.374 e. The highest BCUT2D eigenvalue weighted by Gasteiger charge is 2.72. The molecule has 3 aromatic rings. The van der Waals surface area contributed by atoms with E-state index in [1.165, 1.54) is 56.3 Å². The van der Waals surface area contributed by atoms with Crippen molar-refractivity contribution in [3.63, 3.8) is 0 Å². The van der Waals surface area contributed by atoms with Crippen LogP contribution >= 0.6 is 0 Å². The molecule has 4 atom stereocenters. The van der Waals surface area contributed by atoms with Crippen LogP contribution < -0.4 is 23.8 Å². The number of phenols is 2. The Morgan fingerprint density at radius 1 is 0.827 bits per heavy atom. The van der Waals surface area contributed by atoms with Crippen LogP contribution in [0.2, 0.25) is 0 Å². The summed E-state index contributed by atoms with van der Waals surface area (Å²) in [6, 6.07) is 9.26. The summed E-state index contributed by atoms with van der Waals surface area (Å²) < 4.78 is 22.2. The zero-order chi connectivity index (χ0) is 38.4. The van der Waals surface area contributed by atoms with Gasteiger partial charge in [0.05, 0.1) is 17.0 Å². The molecule has 0 fully saturated rings. The first-order valence-electron chi connectivity index (χ1n) is 16.3. The minimum Gasteiger partial charge on any atom is -0.578 e. The molecule has 52 heavy (non-hydrogen) atoms. The van der Waals surface area contributed by atoms with E-state index in [-0.39, 0.29) is 56.7 Å². The van der Waals surface area contributed by atoms with Gasteiger partial charge < -0.3 is 39.5 Å². The van der Waals surface area contributed by atoms with Gasteiger partial charge in [0, 0.05) is 26.7 Å². The molecule has 0 radical (unpaired) electrons. The number of allylic oxidation sites excluding steroid dienone is 1. The molecule has 0 aliphatic carbocycles. The number of hydrogen-bond donors (Lipinski definition) is 4. The average molecular weight is 723 g/mol. The number of carbonyl (C=O) groups excluding carboxylic acids is 4.